The topological polar surface area (TPSA) is 58.1 Å². The van der Waals surface area contributed by atoms with Gasteiger partial charge in [-0.15, -0.1) is 0 Å². The molecule has 120 valence electrons. The van der Waals surface area contributed by atoms with E-state index < -0.39 is 0 Å². The summed E-state index contributed by atoms with van der Waals surface area (Å²) in [6.45, 7) is 3.92. The highest BCUT2D eigenvalue weighted by Gasteiger charge is 2.20. The molecule has 5 heteroatoms. The van der Waals surface area contributed by atoms with Gasteiger partial charge in [-0.3, -0.25) is 4.79 Å². The normalized spacial score (nSPS) is 20.0. The van der Waals surface area contributed by atoms with E-state index in [-0.39, 0.29) is 5.91 Å². The monoisotopic (exact) mass is 302 g/mol. The first kappa shape index (κ1) is 15.3. The Morgan fingerprint density at radius 2 is 1.77 bits per heavy atom. The van der Waals surface area contributed by atoms with Crippen LogP contribution in [-0.2, 0) is 0 Å². The van der Waals surface area contributed by atoms with E-state index in [1.807, 2.05) is 13.0 Å². The second kappa shape index (κ2) is 7.07. The third kappa shape index (κ3) is 3.76. The lowest BCUT2D eigenvalue weighted by atomic mass is 10.1. The first-order chi connectivity index (χ1) is 10.7. The standard InChI is InChI=1S/C17H26N4O/c1-13-18-15(12-16(19-13)21-10-6-7-11-21)17(22)20-14-8-4-2-3-5-9-14/h12,14H,2-11H2,1H3,(H,20,22). The molecule has 1 saturated carbocycles. The summed E-state index contributed by atoms with van der Waals surface area (Å²) in [6.07, 6.45) is 9.60. The van der Waals surface area contributed by atoms with Crippen LogP contribution in [0.2, 0.25) is 0 Å². The van der Waals surface area contributed by atoms with Gasteiger partial charge in [-0.1, -0.05) is 25.7 Å². The quantitative estimate of drug-likeness (QED) is 0.872. The van der Waals surface area contributed by atoms with Crippen LogP contribution in [0.15, 0.2) is 6.07 Å². The lowest BCUT2D eigenvalue weighted by Crippen LogP contribution is -2.35. The van der Waals surface area contributed by atoms with Gasteiger partial charge in [0.25, 0.3) is 5.91 Å². The highest BCUT2D eigenvalue weighted by atomic mass is 16.1. The summed E-state index contributed by atoms with van der Waals surface area (Å²) in [5.41, 5.74) is 0.513. The summed E-state index contributed by atoms with van der Waals surface area (Å²) in [7, 11) is 0. The predicted molar refractivity (Wildman–Crippen MR) is 87.2 cm³/mol. The third-order valence-electron chi connectivity index (χ3n) is 4.68. The van der Waals surface area contributed by atoms with Gasteiger partial charge in [-0.2, -0.15) is 0 Å². The fourth-order valence-corrected chi connectivity index (χ4v) is 3.46. The molecule has 22 heavy (non-hydrogen) atoms. The molecule has 1 aliphatic carbocycles. The van der Waals surface area contributed by atoms with Gasteiger partial charge in [0, 0.05) is 25.2 Å². The van der Waals surface area contributed by atoms with E-state index in [1.54, 1.807) is 0 Å². The molecular formula is C17H26N4O. The molecule has 0 aromatic carbocycles. The van der Waals surface area contributed by atoms with Gasteiger partial charge in [0.1, 0.15) is 17.3 Å². The zero-order valence-corrected chi connectivity index (χ0v) is 13.5. The smallest absolute Gasteiger partial charge is 0.270 e. The fraction of sp³-hybridized carbons (Fsp3) is 0.706. The van der Waals surface area contributed by atoms with Crippen LogP contribution in [0.3, 0.4) is 0 Å². The molecule has 0 radical (unpaired) electrons. The summed E-state index contributed by atoms with van der Waals surface area (Å²) >= 11 is 0. The minimum absolute atomic E-state index is 0.0437. The molecule has 0 atom stereocenters. The molecule has 0 spiro atoms. The minimum atomic E-state index is -0.0437. The number of aromatic nitrogens is 2. The van der Waals surface area contributed by atoms with Crippen molar-refractivity contribution in [3.8, 4) is 0 Å². The van der Waals surface area contributed by atoms with Crippen molar-refractivity contribution in [3.63, 3.8) is 0 Å². The van der Waals surface area contributed by atoms with E-state index >= 15 is 0 Å². The number of hydrogen-bond acceptors (Lipinski definition) is 4. The van der Waals surface area contributed by atoms with Crippen LogP contribution >= 0.6 is 0 Å². The second-order valence-electron chi connectivity index (χ2n) is 6.51. The van der Waals surface area contributed by atoms with E-state index in [4.69, 9.17) is 0 Å². The Bertz CT molecular complexity index is 517. The van der Waals surface area contributed by atoms with E-state index in [0.29, 0.717) is 17.6 Å². The van der Waals surface area contributed by atoms with Gasteiger partial charge < -0.3 is 10.2 Å². The number of aryl methyl sites for hydroxylation is 1. The van der Waals surface area contributed by atoms with E-state index in [1.165, 1.54) is 38.5 Å². The first-order valence-electron chi connectivity index (χ1n) is 8.64. The molecule has 1 aliphatic heterocycles. The second-order valence-corrected chi connectivity index (χ2v) is 6.51. The summed E-state index contributed by atoms with van der Waals surface area (Å²) in [4.78, 5) is 23.6. The average molecular weight is 302 g/mol. The maximum atomic E-state index is 12.5. The van der Waals surface area contributed by atoms with Crippen molar-refractivity contribution in [2.75, 3.05) is 18.0 Å². The number of hydrogen-bond donors (Lipinski definition) is 1. The van der Waals surface area contributed by atoms with Gasteiger partial charge >= 0.3 is 0 Å². The third-order valence-corrected chi connectivity index (χ3v) is 4.68. The maximum Gasteiger partial charge on any atom is 0.270 e. The van der Waals surface area contributed by atoms with Crippen molar-refractivity contribution < 1.29 is 4.79 Å². The zero-order chi connectivity index (χ0) is 15.4. The summed E-state index contributed by atoms with van der Waals surface area (Å²) in [5.74, 6) is 1.53. The average Bonchev–Trinajstić information content (AvgIpc) is 2.93. The molecular weight excluding hydrogens is 276 g/mol. The van der Waals surface area contributed by atoms with Gasteiger partial charge in [0.2, 0.25) is 0 Å². The van der Waals surface area contributed by atoms with Crippen LogP contribution in [0.5, 0.6) is 0 Å². The lowest BCUT2D eigenvalue weighted by Gasteiger charge is -2.19. The Morgan fingerprint density at radius 3 is 2.45 bits per heavy atom. The van der Waals surface area contributed by atoms with Crippen LogP contribution in [0.1, 0.15) is 67.7 Å². The van der Waals surface area contributed by atoms with E-state index in [9.17, 15) is 4.79 Å². The molecule has 1 saturated heterocycles. The molecule has 1 aromatic rings. The van der Waals surface area contributed by atoms with Crippen LogP contribution in [0, 0.1) is 6.92 Å². The Labute approximate surface area is 132 Å². The van der Waals surface area contributed by atoms with Crippen LogP contribution < -0.4 is 10.2 Å². The van der Waals surface area contributed by atoms with Crippen molar-refractivity contribution in [3.05, 3.63) is 17.6 Å². The Kier molecular flexibility index (Phi) is 4.90. The number of carbonyl (C=O) groups excluding carboxylic acids is 1. The summed E-state index contributed by atoms with van der Waals surface area (Å²) in [5, 5.41) is 3.17. The minimum Gasteiger partial charge on any atom is -0.356 e. The van der Waals surface area contributed by atoms with Gasteiger partial charge in [-0.05, 0) is 32.6 Å². The lowest BCUT2D eigenvalue weighted by molar-refractivity contribution is 0.0928. The van der Waals surface area contributed by atoms with Crippen LogP contribution in [-0.4, -0.2) is 35.0 Å². The molecule has 1 amide bonds. The van der Waals surface area contributed by atoms with Gasteiger partial charge in [-0.25, -0.2) is 9.97 Å². The molecule has 0 bridgehead atoms. The SMILES string of the molecule is Cc1nc(C(=O)NC2CCCCCC2)cc(N2CCCC2)n1. The number of amides is 1. The predicted octanol–water partition coefficient (Wildman–Crippen LogP) is 2.84. The van der Waals surface area contributed by atoms with Crippen molar-refractivity contribution in [2.45, 2.75) is 64.3 Å². The van der Waals surface area contributed by atoms with Crippen LogP contribution in [0.4, 0.5) is 5.82 Å². The number of carbonyl (C=O) groups is 1. The molecule has 5 nitrogen and oxygen atoms in total. The molecule has 2 aliphatic rings. The maximum absolute atomic E-state index is 12.5. The Balaban J connectivity index is 1.70. The van der Waals surface area contributed by atoms with Crippen molar-refractivity contribution >= 4 is 11.7 Å². The summed E-state index contributed by atoms with van der Waals surface area (Å²) < 4.78 is 0. The molecule has 0 unspecified atom stereocenters. The van der Waals surface area contributed by atoms with Crippen molar-refractivity contribution in [1.29, 1.82) is 0 Å². The highest BCUT2D eigenvalue weighted by Crippen LogP contribution is 2.20. The molecule has 3 rings (SSSR count). The largest absolute Gasteiger partial charge is 0.356 e. The fourth-order valence-electron chi connectivity index (χ4n) is 3.46. The van der Waals surface area contributed by atoms with Crippen molar-refractivity contribution in [2.24, 2.45) is 0 Å². The molecule has 2 heterocycles. The first-order valence-corrected chi connectivity index (χ1v) is 8.64. The number of nitrogens with one attached hydrogen (secondary N) is 1. The van der Waals surface area contributed by atoms with E-state index in [2.05, 4.69) is 20.2 Å². The Hall–Kier alpha value is -1.65. The van der Waals surface area contributed by atoms with Crippen LogP contribution in [0.25, 0.3) is 0 Å². The Morgan fingerprint density at radius 1 is 1.09 bits per heavy atom. The van der Waals surface area contributed by atoms with Gasteiger partial charge in [0.05, 0.1) is 0 Å². The molecule has 2 fully saturated rings. The van der Waals surface area contributed by atoms with Gasteiger partial charge in [0.15, 0.2) is 0 Å². The number of anilines is 1. The number of nitrogens with zero attached hydrogens (tertiary/aromatic N) is 3. The number of rotatable bonds is 3. The molecule has 1 aromatic heterocycles. The summed E-state index contributed by atoms with van der Waals surface area (Å²) in [6, 6.07) is 2.16. The molecule has 1 N–H and O–H groups in total. The zero-order valence-electron chi connectivity index (χ0n) is 13.5. The highest BCUT2D eigenvalue weighted by molar-refractivity contribution is 5.93. The van der Waals surface area contributed by atoms with Crippen molar-refractivity contribution in [1.82, 2.24) is 15.3 Å². The van der Waals surface area contributed by atoms with E-state index in [0.717, 1.165) is 31.7 Å².